The summed E-state index contributed by atoms with van der Waals surface area (Å²) in [7, 11) is 2.02. The Hall–Kier alpha value is -1.36. The van der Waals surface area contributed by atoms with Crippen LogP contribution in [0.1, 0.15) is 20.3 Å². The third-order valence-corrected chi connectivity index (χ3v) is 2.47. The average molecular weight is 209 g/mol. The SMILES string of the molecule is CCC(C)CN(C)c1cc(NN)ncn1. The Balaban J connectivity index is 2.68. The molecule has 0 amide bonds. The molecular formula is C10H19N5. The smallest absolute Gasteiger partial charge is 0.145 e. The minimum absolute atomic E-state index is 0.635. The van der Waals surface area contributed by atoms with Crippen LogP contribution in [-0.4, -0.2) is 23.6 Å². The lowest BCUT2D eigenvalue weighted by Gasteiger charge is -2.21. The predicted octanol–water partition coefficient (Wildman–Crippen LogP) is 1.24. The number of anilines is 2. The van der Waals surface area contributed by atoms with Crippen LogP contribution < -0.4 is 16.2 Å². The van der Waals surface area contributed by atoms with Crippen molar-refractivity contribution in [2.24, 2.45) is 11.8 Å². The number of hydrogen-bond acceptors (Lipinski definition) is 5. The van der Waals surface area contributed by atoms with Gasteiger partial charge in [-0.1, -0.05) is 20.3 Å². The van der Waals surface area contributed by atoms with Crippen molar-refractivity contribution in [1.82, 2.24) is 9.97 Å². The van der Waals surface area contributed by atoms with E-state index in [9.17, 15) is 0 Å². The summed E-state index contributed by atoms with van der Waals surface area (Å²) in [6.07, 6.45) is 2.68. The maximum absolute atomic E-state index is 5.29. The van der Waals surface area contributed by atoms with Gasteiger partial charge in [0, 0.05) is 19.7 Å². The lowest BCUT2D eigenvalue weighted by atomic mass is 10.1. The molecule has 1 aromatic heterocycles. The van der Waals surface area contributed by atoms with Crippen molar-refractivity contribution >= 4 is 11.6 Å². The topological polar surface area (TPSA) is 67.1 Å². The molecule has 0 radical (unpaired) electrons. The summed E-state index contributed by atoms with van der Waals surface area (Å²) in [6, 6.07) is 1.84. The Morgan fingerprint density at radius 1 is 1.53 bits per heavy atom. The molecule has 1 aromatic rings. The zero-order chi connectivity index (χ0) is 11.3. The molecule has 84 valence electrons. The Morgan fingerprint density at radius 2 is 2.27 bits per heavy atom. The van der Waals surface area contributed by atoms with Crippen LogP contribution >= 0.6 is 0 Å². The third-order valence-electron chi connectivity index (χ3n) is 2.47. The van der Waals surface area contributed by atoms with Gasteiger partial charge in [0.1, 0.15) is 18.0 Å². The van der Waals surface area contributed by atoms with Gasteiger partial charge in [-0.15, -0.1) is 0 Å². The predicted molar refractivity (Wildman–Crippen MR) is 62.6 cm³/mol. The van der Waals surface area contributed by atoms with Crippen LogP contribution in [0.5, 0.6) is 0 Å². The molecule has 1 rings (SSSR count). The number of aromatic nitrogens is 2. The molecule has 1 unspecified atom stereocenters. The monoisotopic (exact) mass is 209 g/mol. The molecule has 1 heterocycles. The minimum atomic E-state index is 0.635. The lowest BCUT2D eigenvalue weighted by Crippen LogP contribution is -2.24. The van der Waals surface area contributed by atoms with Crippen molar-refractivity contribution < 1.29 is 0 Å². The summed E-state index contributed by atoms with van der Waals surface area (Å²) >= 11 is 0. The maximum Gasteiger partial charge on any atom is 0.145 e. The van der Waals surface area contributed by atoms with Crippen LogP contribution in [0.25, 0.3) is 0 Å². The molecule has 3 N–H and O–H groups in total. The standard InChI is InChI=1S/C10H19N5/c1-4-8(2)6-15(3)10-5-9(14-11)12-7-13-10/h5,7-8H,4,6,11H2,1-3H3,(H,12,13,14). The first kappa shape index (κ1) is 11.7. The first-order valence-corrected chi connectivity index (χ1v) is 5.17. The van der Waals surface area contributed by atoms with Gasteiger partial charge in [0.05, 0.1) is 0 Å². The van der Waals surface area contributed by atoms with Crippen LogP contribution in [0, 0.1) is 5.92 Å². The van der Waals surface area contributed by atoms with Gasteiger partial charge in [0.2, 0.25) is 0 Å². The number of rotatable bonds is 5. The number of nitrogen functional groups attached to an aromatic ring is 1. The molecule has 0 bridgehead atoms. The second kappa shape index (κ2) is 5.50. The van der Waals surface area contributed by atoms with E-state index in [-0.39, 0.29) is 0 Å². The van der Waals surface area contributed by atoms with Crippen LogP contribution in [0.2, 0.25) is 0 Å². The largest absolute Gasteiger partial charge is 0.359 e. The fraction of sp³-hybridized carbons (Fsp3) is 0.600. The fourth-order valence-corrected chi connectivity index (χ4v) is 1.32. The summed E-state index contributed by atoms with van der Waals surface area (Å²) in [5.74, 6) is 7.46. The van der Waals surface area contributed by atoms with E-state index in [4.69, 9.17) is 5.84 Å². The quantitative estimate of drug-likeness (QED) is 0.564. The second-order valence-electron chi connectivity index (χ2n) is 3.80. The van der Waals surface area contributed by atoms with Crippen LogP contribution in [0.15, 0.2) is 12.4 Å². The van der Waals surface area contributed by atoms with E-state index in [2.05, 4.69) is 34.1 Å². The van der Waals surface area contributed by atoms with E-state index >= 15 is 0 Å². The third kappa shape index (κ3) is 3.36. The molecule has 0 spiro atoms. The van der Waals surface area contributed by atoms with Crippen molar-refractivity contribution in [3.05, 3.63) is 12.4 Å². The van der Waals surface area contributed by atoms with Crippen molar-refractivity contribution in [3.63, 3.8) is 0 Å². The van der Waals surface area contributed by atoms with Crippen molar-refractivity contribution in [3.8, 4) is 0 Å². The highest BCUT2D eigenvalue weighted by Gasteiger charge is 2.07. The molecule has 0 saturated heterocycles. The van der Waals surface area contributed by atoms with E-state index < -0.39 is 0 Å². The van der Waals surface area contributed by atoms with Gasteiger partial charge in [-0.2, -0.15) is 0 Å². The molecule has 0 saturated carbocycles. The Kier molecular flexibility index (Phi) is 4.30. The molecule has 0 aromatic carbocycles. The van der Waals surface area contributed by atoms with Gasteiger partial charge < -0.3 is 10.3 Å². The number of nitrogens with one attached hydrogen (secondary N) is 1. The van der Waals surface area contributed by atoms with E-state index in [1.807, 2.05) is 13.1 Å². The summed E-state index contributed by atoms with van der Waals surface area (Å²) in [5.41, 5.74) is 2.51. The molecule has 0 aliphatic carbocycles. The van der Waals surface area contributed by atoms with Crippen molar-refractivity contribution in [2.45, 2.75) is 20.3 Å². The molecular weight excluding hydrogens is 190 g/mol. The minimum Gasteiger partial charge on any atom is -0.359 e. The van der Waals surface area contributed by atoms with Gasteiger partial charge >= 0.3 is 0 Å². The maximum atomic E-state index is 5.29. The number of nitrogens with zero attached hydrogens (tertiary/aromatic N) is 3. The summed E-state index contributed by atoms with van der Waals surface area (Å²) < 4.78 is 0. The fourth-order valence-electron chi connectivity index (χ4n) is 1.32. The van der Waals surface area contributed by atoms with E-state index in [0.29, 0.717) is 11.7 Å². The van der Waals surface area contributed by atoms with Gasteiger partial charge in [-0.25, -0.2) is 15.8 Å². The Labute approximate surface area is 90.7 Å². The van der Waals surface area contributed by atoms with Crippen LogP contribution in [-0.2, 0) is 0 Å². The normalized spacial score (nSPS) is 12.3. The highest BCUT2D eigenvalue weighted by molar-refractivity contribution is 5.47. The highest BCUT2D eigenvalue weighted by Crippen LogP contribution is 2.14. The molecule has 1 atom stereocenters. The van der Waals surface area contributed by atoms with E-state index in [1.165, 1.54) is 6.33 Å². The lowest BCUT2D eigenvalue weighted by molar-refractivity contribution is 0.557. The Morgan fingerprint density at radius 3 is 2.87 bits per heavy atom. The number of hydrogen-bond donors (Lipinski definition) is 2. The van der Waals surface area contributed by atoms with Gasteiger partial charge in [-0.05, 0) is 5.92 Å². The number of hydrazine groups is 1. The first-order valence-electron chi connectivity index (χ1n) is 5.17. The van der Waals surface area contributed by atoms with Gasteiger partial charge in [0.25, 0.3) is 0 Å². The molecule has 5 nitrogen and oxygen atoms in total. The van der Waals surface area contributed by atoms with E-state index in [0.717, 1.165) is 18.8 Å². The summed E-state index contributed by atoms with van der Waals surface area (Å²) in [6.45, 7) is 5.39. The van der Waals surface area contributed by atoms with E-state index in [1.54, 1.807) is 0 Å². The van der Waals surface area contributed by atoms with Gasteiger partial charge in [-0.3, -0.25) is 0 Å². The van der Waals surface area contributed by atoms with Crippen molar-refractivity contribution in [2.75, 3.05) is 23.9 Å². The Bertz CT molecular complexity index is 302. The summed E-state index contributed by atoms with van der Waals surface area (Å²) in [5, 5.41) is 0. The molecule has 5 heteroatoms. The molecule has 0 aliphatic rings. The van der Waals surface area contributed by atoms with Gasteiger partial charge in [0.15, 0.2) is 0 Å². The molecule has 15 heavy (non-hydrogen) atoms. The summed E-state index contributed by atoms with van der Waals surface area (Å²) in [4.78, 5) is 10.3. The molecule has 0 aliphatic heterocycles. The second-order valence-corrected chi connectivity index (χ2v) is 3.80. The van der Waals surface area contributed by atoms with Crippen LogP contribution in [0.3, 0.4) is 0 Å². The first-order chi connectivity index (χ1) is 7.17. The van der Waals surface area contributed by atoms with Crippen molar-refractivity contribution in [1.29, 1.82) is 0 Å². The number of nitrogens with two attached hydrogens (primary N) is 1. The highest BCUT2D eigenvalue weighted by atomic mass is 15.3. The average Bonchev–Trinajstić information content (AvgIpc) is 2.28. The zero-order valence-electron chi connectivity index (χ0n) is 9.57. The van der Waals surface area contributed by atoms with Crippen LogP contribution in [0.4, 0.5) is 11.6 Å². The zero-order valence-corrected chi connectivity index (χ0v) is 9.57. The molecule has 0 fully saturated rings.